The average molecular weight is 744 g/mol. The van der Waals surface area contributed by atoms with E-state index in [0.717, 1.165) is 5.56 Å². The Bertz CT molecular complexity index is 1450. The highest BCUT2D eigenvalue weighted by Crippen LogP contribution is 2.27. The molecule has 2 heterocycles. The number of hydrogen-bond acceptors (Lipinski definition) is 9. The van der Waals surface area contributed by atoms with Crippen LogP contribution in [0.4, 0.5) is 4.79 Å². The second-order valence-corrected chi connectivity index (χ2v) is 15.8. The van der Waals surface area contributed by atoms with Crippen LogP contribution in [0, 0.1) is 11.8 Å². The number of carbonyl (C=O) groups excluding carboxylic acids is 6. The molecule has 0 N–H and O–H groups in total. The van der Waals surface area contributed by atoms with E-state index < -0.39 is 65.6 Å². The minimum absolute atomic E-state index is 0.0964. The molecule has 2 saturated heterocycles. The molecule has 0 aromatic heterocycles. The maximum atomic E-state index is 14.3. The third kappa shape index (κ3) is 10.7. The van der Waals surface area contributed by atoms with Gasteiger partial charge in [0.2, 0.25) is 23.6 Å². The Balaban J connectivity index is 1.79. The molecule has 14 nitrogen and oxygen atoms in total. The third-order valence-electron chi connectivity index (χ3n) is 9.91. The van der Waals surface area contributed by atoms with Gasteiger partial charge in [-0.3, -0.25) is 24.1 Å². The van der Waals surface area contributed by atoms with Gasteiger partial charge < -0.3 is 33.8 Å². The highest BCUT2D eigenvalue weighted by atomic mass is 16.6. The second-order valence-electron chi connectivity index (χ2n) is 15.8. The maximum absolute atomic E-state index is 14.3. The minimum atomic E-state index is -1.09. The molecule has 0 unspecified atom stereocenters. The monoisotopic (exact) mass is 743 g/mol. The van der Waals surface area contributed by atoms with Crippen molar-refractivity contribution in [2.45, 2.75) is 117 Å². The lowest BCUT2D eigenvalue weighted by Crippen LogP contribution is -2.61. The van der Waals surface area contributed by atoms with E-state index in [1.54, 1.807) is 41.7 Å². The van der Waals surface area contributed by atoms with Gasteiger partial charge in [0.25, 0.3) is 0 Å². The molecule has 5 atom stereocenters. The van der Waals surface area contributed by atoms with Gasteiger partial charge in [-0.15, -0.1) is 0 Å². The number of likely N-dealkylation sites (N-methyl/N-ethyl adjacent to an activating group) is 3. The first-order valence-electron chi connectivity index (χ1n) is 18.6. The first kappa shape index (κ1) is 43.2. The van der Waals surface area contributed by atoms with Crippen LogP contribution in [-0.4, -0.2) is 144 Å². The number of hydrogen-bond donors (Lipinski definition) is 0. The van der Waals surface area contributed by atoms with Gasteiger partial charge >= 0.3 is 12.1 Å². The van der Waals surface area contributed by atoms with Crippen molar-refractivity contribution in [3.8, 4) is 0 Å². The zero-order valence-corrected chi connectivity index (χ0v) is 33.5. The lowest BCUT2D eigenvalue weighted by molar-refractivity contribution is -0.159. The SMILES string of the molecule is COC[C@@H](C(=O)N1CCC[C@H]1C(=O)N(C)[C@H](C(=O)N1CCC[C@H]1C(=O)OCc1ccccc1)C(C)C)N(C)C(=O)[C@H](C(C)C)N(C)C(=O)OC(C)(C)C. The van der Waals surface area contributed by atoms with Crippen LogP contribution < -0.4 is 0 Å². The Kier molecular flexibility index (Phi) is 15.3. The standard InChI is InChI=1S/C39H61N5O9/c1-25(2)31(42(10)38(50)53-39(5,6)7)35(47)40(8)30(24-51-11)34(46)43-21-15-19-28(43)33(45)41(9)32(26(3)4)36(48)44-22-16-20-29(44)37(49)52-23-27-17-13-12-14-18-27/h12-14,17-18,25-26,28-32H,15-16,19-24H2,1-11H3/t28-,29-,30-,31-,32-/m0/s1. The molecule has 53 heavy (non-hydrogen) atoms. The van der Waals surface area contributed by atoms with Gasteiger partial charge in [-0.05, 0) is 63.9 Å². The van der Waals surface area contributed by atoms with Crippen LogP contribution >= 0.6 is 0 Å². The summed E-state index contributed by atoms with van der Waals surface area (Å²) in [6.07, 6.45) is 1.34. The van der Waals surface area contributed by atoms with Crippen LogP contribution in [0.15, 0.2) is 30.3 Å². The van der Waals surface area contributed by atoms with Gasteiger partial charge in [0.15, 0.2) is 0 Å². The number of nitrogens with zero attached hydrogens (tertiary/aromatic N) is 5. The van der Waals surface area contributed by atoms with E-state index in [2.05, 4.69) is 0 Å². The van der Waals surface area contributed by atoms with Crippen LogP contribution in [0.25, 0.3) is 0 Å². The number of benzene rings is 1. The zero-order valence-electron chi connectivity index (χ0n) is 33.5. The molecule has 0 radical (unpaired) electrons. The Labute approximate surface area is 315 Å². The van der Waals surface area contributed by atoms with E-state index in [4.69, 9.17) is 14.2 Å². The van der Waals surface area contributed by atoms with E-state index >= 15 is 0 Å². The molecule has 0 spiro atoms. The fourth-order valence-corrected chi connectivity index (χ4v) is 7.23. The number of methoxy groups -OCH3 is 1. The summed E-state index contributed by atoms with van der Waals surface area (Å²) in [5, 5.41) is 0. The Morgan fingerprint density at radius 3 is 1.85 bits per heavy atom. The van der Waals surface area contributed by atoms with Crippen molar-refractivity contribution in [2.24, 2.45) is 11.8 Å². The van der Waals surface area contributed by atoms with Gasteiger partial charge in [0, 0.05) is 41.3 Å². The Morgan fingerprint density at radius 2 is 1.32 bits per heavy atom. The summed E-state index contributed by atoms with van der Waals surface area (Å²) in [4.78, 5) is 89.8. The van der Waals surface area contributed by atoms with E-state index in [-0.39, 0.29) is 37.5 Å². The minimum Gasteiger partial charge on any atom is -0.459 e. The van der Waals surface area contributed by atoms with Crippen molar-refractivity contribution in [1.82, 2.24) is 24.5 Å². The molecule has 0 bridgehead atoms. The van der Waals surface area contributed by atoms with E-state index in [9.17, 15) is 28.8 Å². The Morgan fingerprint density at radius 1 is 0.774 bits per heavy atom. The average Bonchev–Trinajstić information content (AvgIpc) is 3.79. The van der Waals surface area contributed by atoms with Crippen molar-refractivity contribution >= 4 is 35.7 Å². The molecule has 2 aliphatic rings. The number of carbonyl (C=O) groups is 6. The van der Waals surface area contributed by atoms with E-state index in [0.29, 0.717) is 32.2 Å². The predicted molar refractivity (Wildman–Crippen MR) is 198 cm³/mol. The first-order chi connectivity index (χ1) is 24.8. The number of rotatable bonds is 14. The van der Waals surface area contributed by atoms with Gasteiger partial charge in [-0.25, -0.2) is 9.59 Å². The largest absolute Gasteiger partial charge is 0.459 e. The summed E-state index contributed by atoms with van der Waals surface area (Å²) >= 11 is 0. The summed E-state index contributed by atoms with van der Waals surface area (Å²) in [6.45, 7) is 13.1. The summed E-state index contributed by atoms with van der Waals surface area (Å²) in [6, 6.07) is 4.77. The summed E-state index contributed by atoms with van der Waals surface area (Å²) < 4.78 is 16.5. The van der Waals surface area contributed by atoms with Crippen molar-refractivity contribution in [1.29, 1.82) is 0 Å². The van der Waals surface area contributed by atoms with Crippen LogP contribution in [0.5, 0.6) is 0 Å². The molecule has 14 heteroatoms. The lowest BCUT2D eigenvalue weighted by Gasteiger charge is -2.39. The van der Waals surface area contributed by atoms with E-state index in [1.165, 1.54) is 45.7 Å². The van der Waals surface area contributed by atoms with E-state index in [1.807, 2.05) is 44.2 Å². The number of amides is 5. The summed E-state index contributed by atoms with van der Waals surface area (Å²) in [7, 11) is 5.97. The lowest BCUT2D eigenvalue weighted by atomic mass is 9.99. The molecule has 1 aromatic rings. The van der Waals surface area contributed by atoms with Gasteiger partial charge in [-0.1, -0.05) is 58.0 Å². The molecular formula is C39H61N5O9. The fourth-order valence-electron chi connectivity index (χ4n) is 7.23. The predicted octanol–water partition coefficient (Wildman–Crippen LogP) is 3.56. The molecule has 2 fully saturated rings. The van der Waals surface area contributed by atoms with Crippen LogP contribution in [0.3, 0.4) is 0 Å². The topological polar surface area (TPSA) is 146 Å². The molecule has 0 aliphatic carbocycles. The van der Waals surface area contributed by atoms with Gasteiger partial charge in [0.1, 0.15) is 42.4 Å². The smallest absolute Gasteiger partial charge is 0.410 e. The quantitative estimate of drug-likeness (QED) is 0.261. The molecule has 5 amide bonds. The summed E-state index contributed by atoms with van der Waals surface area (Å²) in [5.74, 6) is -2.80. The van der Waals surface area contributed by atoms with Crippen molar-refractivity contribution in [3.05, 3.63) is 35.9 Å². The molecule has 296 valence electrons. The fraction of sp³-hybridized carbons (Fsp3) is 0.692. The van der Waals surface area contributed by atoms with Gasteiger partial charge in [0.05, 0.1) is 6.61 Å². The molecule has 1 aromatic carbocycles. The van der Waals surface area contributed by atoms with Gasteiger partial charge in [-0.2, -0.15) is 0 Å². The third-order valence-corrected chi connectivity index (χ3v) is 9.91. The molecule has 0 saturated carbocycles. The molecule has 3 rings (SSSR count). The highest BCUT2D eigenvalue weighted by molar-refractivity contribution is 5.96. The number of esters is 1. The zero-order chi connectivity index (χ0) is 39.8. The maximum Gasteiger partial charge on any atom is 0.410 e. The van der Waals surface area contributed by atoms with Crippen molar-refractivity contribution < 1.29 is 43.0 Å². The number of ether oxygens (including phenoxy) is 3. The van der Waals surface area contributed by atoms with Crippen LogP contribution in [0.1, 0.15) is 79.7 Å². The normalized spacial score (nSPS) is 19.1. The number of likely N-dealkylation sites (tertiary alicyclic amines) is 2. The molecular weight excluding hydrogens is 682 g/mol. The second kappa shape index (κ2) is 18.7. The summed E-state index contributed by atoms with van der Waals surface area (Å²) in [5.41, 5.74) is 0.0684. The van der Waals surface area contributed by atoms with Crippen LogP contribution in [0.2, 0.25) is 0 Å². The highest BCUT2D eigenvalue weighted by Gasteiger charge is 2.46. The molecule has 2 aliphatic heterocycles. The Hall–Kier alpha value is -4.20. The van der Waals surface area contributed by atoms with Crippen molar-refractivity contribution in [2.75, 3.05) is 47.9 Å². The van der Waals surface area contributed by atoms with Crippen LogP contribution in [-0.2, 0) is 44.8 Å². The first-order valence-corrected chi connectivity index (χ1v) is 18.6. The van der Waals surface area contributed by atoms with Crippen molar-refractivity contribution in [3.63, 3.8) is 0 Å².